The predicted molar refractivity (Wildman–Crippen MR) is 66.8 cm³/mol. The topological polar surface area (TPSA) is 98.0 Å². The maximum atomic E-state index is 11.4. The number of halogens is 1. The Kier molecular flexibility index (Phi) is 2.90. The summed E-state index contributed by atoms with van der Waals surface area (Å²) in [4.78, 5) is 7.70. The third-order valence-electron chi connectivity index (χ3n) is 2.65. The van der Waals surface area contributed by atoms with Gasteiger partial charge in [0, 0.05) is 6.07 Å². The van der Waals surface area contributed by atoms with Gasteiger partial charge in [-0.05, 0) is 13.3 Å². The number of nitrogens with two attached hydrogens (primary N) is 1. The average Bonchev–Trinajstić information content (AvgIpc) is 2.37. The number of aromatic nitrogens is 2. The van der Waals surface area contributed by atoms with E-state index in [9.17, 15) is 8.42 Å². The molecule has 0 aromatic carbocycles. The van der Waals surface area contributed by atoms with Crippen molar-refractivity contribution in [3.63, 3.8) is 0 Å². The number of nitrogens with zero attached hydrogens (tertiary/aromatic N) is 2. The number of anilines is 2. The van der Waals surface area contributed by atoms with Crippen molar-refractivity contribution in [3.05, 3.63) is 11.2 Å². The summed E-state index contributed by atoms with van der Waals surface area (Å²) >= 11 is 5.75. The molecule has 2 heterocycles. The lowest BCUT2D eigenvalue weighted by molar-refractivity contribution is 0.572. The largest absolute Gasteiger partial charge is 0.368 e. The normalized spacial score (nSPS) is 26.9. The Morgan fingerprint density at radius 2 is 2.24 bits per heavy atom. The fourth-order valence-electron chi connectivity index (χ4n) is 1.92. The Labute approximate surface area is 105 Å². The second kappa shape index (κ2) is 3.99. The quantitative estimate of drug-likeness (QED) is 0.772. The molecule has 1 saturated heterocycles. The zero-order chi connectivity index (χ0) is 12.7. The molecule has 94 valence electrons. The van der Waals surface area contributed by atoms with E-state index in [4.69, 9.17) is 17.3 Å². The second-order valence-corrected chi connectivity index (χ2v) is 7.03. The minimum absolute atomic E-state index is 0.0597. The van der Waals surface area contributed by atoms with Crippen LogP contribution in [0.1, 0.15) is 13.3 Å². The van der Waals surface area contributed by atoms with Crippen molar-refractivity contribution < 1.29 is 8.42 Å². The Balaban J connectivity index is 2.21. The van der Waals surface area contributed by atoms with Crippen molar-refractivity contribution in [3.8, 4) is 0 Å². The van der Waals surface area contributed by atoms with Crippen LogP contribution in [0.5, 0.6) is 0 Å². The Morgan fingerprint density at radius 3 is 2.76 bits per heavy atom. The van der Waals surface area contributed by atoms with Gasteiger partial charge in [-0.3, -0.25) is 0 Å². The van der Waals surface area contributed by atoms with Crippen molar-refractivity contribution in [2.24, 2.45) is 0 Å². The molecule has 1 aromatic rings. The fraction of sp³-hybridized carbons (Fsp3) is 0.556. The first-order chi connectivity index (χ1) is 7.78. The highest BCUT2D eigenvalue weighted by atomic mass is 35.5. The molecule has 0 bridgehead atoms. The number of hydrogen-bond donors (Lipinski definition) is 2. The summed E-state index contributed by atoms with van der Waals surface area (Å²) in [6.07, 6.45) is 0.539. The summed E-state index contributed by atoms with van der Waals surface area (Å²) in [6.45, 7) is 1.84. The molecule has 1 fully saturated rings. The molecule has 1 atom stereocenters. The van der Waals surface area contributed by atoms with E-state index in [-0.39, 0.29) is 22.6 Å². The molecule has 17 heavy (non-hydrogen) atoms. The van der Waals surface area contributed by atoms with Gasteiger partial charge in [-0.15, -0.1) is 0 Å². The molecule has 0 spiro atoms. The molecule has 0 aliphatic carbocycles. The first kappa shape index (κ1) is 12.4. The Morgan fingerprint density at radius 1 is 1.53 bits per heavy atom. The molecule has 2 rings (SSSR count). The van der Waals surface area contributed by atoms with Crippen LogP contribution in [-0.2, 0) is 9.84 Å². The van der Waals surface area contributed by atoms with Crippen molar-refractivity contribution in [1.29, 1.82) is 0 Å². The lowest BCUT2D eigenvalue weighted by Gasteiger charge is -2.24. The monoisotopic (exact) mass is 276 g/mol. The SMILES string of the molecule is CC1(Nc2cc(Cl)nc(N)n2)CCS(=O)(=O)C1. The zero-order valence-electron chi connectivity index (χ0n) is 9.27. The van der Waals surface area contributed by atoms with Crippen LogP contribution in [0.4, 0.5) is 11.8 Å². The molecule has 1 aliphatic heterocycles. The van der Waals surface area contributed by atoms with E-state index in [0.717, 1.165) is 0 Å². The standard InChI is InChI=1S/C9H13ClN4O2S/c1-9(2-3-17(15,16)5-9)14-7-4-6(10)12-8(11)13-7/h4H,2-3,5H2,1H3,(H3,11,12,13,14). The summed E-state index contributed by atoms with van der Waals surface area (Å²) in [5.41, 5.74) is 4.94. The minimum Gasteiger partial charge on any atom is -0.368 e. The van der Waals surface area contributed by atoms with Gasteiger partial charge in [0.05, 0.1) is 17.0 Å². The summed E-state index contributed by atoms with van der Waals surface area (Å²) in [5, 5.41) is 3.29. The molecule has 3 N–H and O–H groups in total. The summed E-state index contributed by atoms with van der Waals surface area (Å²) in [5.74, 6) is 0.776. The van der Waals surface area contributed by atoms with Gasteiger partial charge in [0.2, 0.25) is 5.95 Å². The van der Waals surface area contributed by atoms with Crippen molar-refractivity contribution in [1.82, 2.24) is 9.97 Å². The number of nitrogen functional groups attached to an aromatic ring is 1. The van der Waals surface area contributed by atoms with Gasteiger partial charge in [0.15, 0.2) is 9.84 Å². The van der Waals surface area contributed by atoms with Crippen LogP contribution in [0.15, 0.2) is 6.07 Å². The van der Waals surface area contributed by atoms with Crippen molar-refractivity contribution in [2.75, 3.05) is 22.6 Å². The first-order valence-corrected chi connectivity index (χ1v) is 7.27. The van der Waals surface area contributed by atoms with E-state index in [0.29, 0.717) is 12.2 Å². The third-order valence-corrected chi connectivity index (χ3v) is 4.74. The molecule has 0 amide bonds. The molecule has 1 aromatic heterocycles. The molecule has 1 unspecified atom stereocenters. The molecule has 0 saturated carbocycles. The smallest absolute Gasteiger partial charge is 0.223 e. The Bertz CT molecular complexity index is 528. The van der Waals surface area contributed by atoms with Crippen molar-refractivity contribution in [2.45, 2.75) is 18.9 Å². The van der Waals surface area contributed by atoms with E-state index in [1.165, 1.54) is 6.07 Å². The van der Waals surface area contributed by atoms with E-state index in [2.05, 4.69) is 15.3 Å². The summed E-state index contributed by atoms with van der Waals surface area (Å²) in [7, 11) is -2.96. The highest BCUT2D eigenvalue weighted by Crippen LogP contribution is 2.27. The van der Waals surface area contributed by atoms with Gasteiger partial charge in [-0.1, -0.05) is 11.6 Å². The molecular weight excluding hydrogens is 264 g/mol. The van der Waals surface area contributed by atoms with Crippen LogP contribution in [0.2, 0.25) is 5.15 Å². The van der Waals surface area contributed by atoms with Crippen LogP contribution in [0, 0.1) is 0 Å². The van der Waals surface area contributed by atoms with Gasteiger partial charge in [0.25, 0.3) is 0 Å². The van der Waals surface area contributed by atoms with Gasteiger partial charge in [0.1, 0.15) is 11.0 Å². The Hall–Kier alpha value is -1.08. The van der Waals surface area contributed by atoms with E-state index >= 15 is 0 Å². The number of rotatable bonds is 2. The molecule has 1 aliphatic rings. The molecule has 0 radical (unpaired) electrons. The van der Waals surface area contributed by atoms with Crippen LogP contribution < -0.4 is 11.1 Å². The predicted octanol–water partition coefficient (Wildman–Crippen LogP) is 0.701. The lowest BCUT2D eigenvalue weighted by Crippen LogP contribution is -2.36. The van der Waals surface area contributed by atoms with Crippen LogP contribution >= 0.6 is 11.6 Å². The molecular formula is C9H13ClN4O2S. The first-order valence-electron chi connectivity index (χ1n) is 5.07. The highest BCUT2D eigenvalue weighted by Gasteiger charge is 2.38. The number of hydrogen-bond acceptors (Lipinski definition) is 6. The summed E-state index contributed by atoms with van der Waals surface area (Å²) in [6, 6.07) is 1.52. The fourth-order valence-corrected chi connectivity index (χ4v) is 4.20. The zero-order valence-corrected chi connectivity index (χ0v) is 10.8. The van der Waals surface area contributed by atoms with Gasteiger partial charge in [-0.25, -0.2) is 13.4 Å². The average molecular weight is 277 g/mol. The van der Waals surface area contributed by atoms with Crippen LogP contribution in [0.25, 0.3) is 0 Å². The van der Waals surface area contributed by atoms with E-state index < -0.39 is 15.4 Å². The highest BCUT2D eigenvalue weighted by molar-refractivity contribution is 7.91. The maximum Gasteiger partial charge on any atom is 0.223 e. The van der Waals surface area contributed by atoms with Crippen molar-refractivity contribution >= 4 is 33.2 Å². The van der Waals surface area contributed by atoms with Crippen LogP contribution in [-0.4, -0.2) is 35.4 Å². The molecule has 6 nitrogen and oxygen atoms in total. The van der Waals surface area contributed by atoms with E-state index in [1.807, 2.05) is 6.92 Å². The third kappa shape index (κ3) is 2.98. The van der Waals surface area contributed by atoms with Gasteiger partial charge in [-0.2, -0.15) is 4.98 Å². The minimum atomic E-state index is -2.96. The molecule has 8 heteroatoms. The maximum absolute atomic E-state index is 11.4. The second-order valence-electron chi connectivity index (χ2n) is 4.46. The number of nitrogens with one attached hydrogen (secondary N) is 1. The van der Waals surface area contributed by atoms with Crippen LogP contribution in [0.3, 0.4) is 0 Å². The number of sulfone groups is 1. The van der Waals surface area contributed by atoms with E-state index in [1.54, 1.807) is 0 Å². The lowest BCUT2D eigenvalue weighted by atomic mass is 10.0. The van der Waals surface area contributed by atoms with Gasteiger partial charge >= 0.3 is 0 Å². The van der Waals surface area contributed by atoms with Gasteiger partial charge < -0.3 is 11.1 Å². The summed E-state index contributed by atoms with van der Waals surface area (Å²) < 4.78 is 22.9.